The van der Waals surface area contributed by atoms with Crippen LogP contribution in [0, 0.1) is 10.8 Å². The van der Waals surface area contributed by atoms with E-state index in [4.69, 9.17) is 4.52 Å². The fourth-order valence-corrected chi connectivity index (χ4v) is 5.34. The van der Waals surface area contributed by atoms with Gasteiger partial charge in [0.15, 0.2) is 0 Å². The van der Waals surface area contributed by atoms with Crippen LogP contribution in [0.15, 0.2) is 0 Å². The van der Waals surface area contributed by atoms with Gasteiger partial charge in [-0.2, -0.15) is 0 Å². The monoisotopic (exact) mass is 305 g/mol. The first-order valence-corrected chi connectivity index (χ1v) is 9.63. The molecule has 0 radical (unpaired) electrons. The molecule has 3 nitrogen and oxygen atoms in total. The highest BCUT2D eigenvalue weighted by molar-refractivity contribution is 7.55. The summed E-state index contributed by atoms with van der Waals surface area (Å²) in [7, 11) is -2.77. The Bertz CT molecular complexity index is 350. The van der Waals surface area contributed by atoms with Crippen molar-refractivity contribution in [2.75, 3.05) is 19.8 Å². The van der Waals surface area contributed by atoms with Gasteiger partial charge in [-0.3, -0.25) is 4.57 Å². The van der Waals surface area contributed by atoms with Gasteiger partial charge >= 0.3 is 0 Å². The maximum atomic E-state index is 13.0. The van der Waals surface area contributed by atoms with Crippen molar-refractivity contribution in [1.29, 1.82) is 0 Å². The van der Waals surface area contributed by atoms with Crippen molar-refractivity contribution in [3.63, 3.8) is 0 Å². The third kappa shape index (κ3) is 7.24. The first kappa shape index (κ1) is 20.1. The molecule has 0 aromatic rings. The van der Waals surface area contributed by atoms with Crippen LogP contribution in [-0.4, -0.2) is 30.0 Å². The number of nitrogens with zero attached hydrogens (tertiary/aromatic N) is 1. The zero-order valence-electron chi connectivity index (χ0n) is 15.3. The van der Waals surface area contributed by atoms with Gasteiger partial charge < -0.3 is 4.52 Å². The lowest BCUT2D eigenvalue weighted by Gasteiger charge is -2.46. The SMILES string of the molecule is CCOP(C)(=O)N(CC(C)(C)C)C(C)(C)CC(C)(C)C. The smallest absolute Gasteiger partial charge is 0.269 e. The number of hydrogen-bond acceptors (Lipinski definition) is 2. The molecule has 4 heteroatoms. The molecule has 1 atom stereocenters. The topological polar surface area (TPSA) is 29.5 Å². The molecule has 0 aromatic carbocycles. The molecule has 0 saturated carbocycles. The Kier molecular flexibility index (Phi) is 6.55. The Morgan fingerprint density at radius 2 is 1.40 bits per heavy atom. The summed E-state index contributed by atoms with van der Waals surface area (Å²) in [4.78, 5) is 0. The molecule has 1 unspecified atom stereocenters. The van der Waals surface area contributed by atoms with E-state index in [9.17, 15) is 4.57 Å². The minimum atomic E-state index is -2.77. The van der Waals surface area contributed by atoms with Gasteiger partial charge in [-0.15, -0.1) is 0 Å². The van der Waals surface area contributed by atoms with E-state index in [2.05, 4.69) is 60.1 Å². The lowest BCUT2D eigenvalue weighted by molar-refractivity contribution is 0.103. The second-order valence-electron chi connectivity index (χ2n) is 8.89. The lowest BCUT2D eigenvalue weighted by atomic mass is 9.81. The van der Waals surface area contributed by atoms with Gasteiger partial charge in [0.1, 0.15) is 0 Å². The molecule has 0 spiro atoms. The minimum absolute atomic E-state index is 0.0813. The molecule has 0 aliphatic heterocycles. The van der Waals surface area contributed by atoms with Gasteiger partial charge in [-0.1, -0.05) is 41.5 Å². The van der Waals surface area contributed by atoms with Gasteiger partial charge in [0, 0.05) is 18.7 Å². The predicted octanol–water partition coefficient (Wildman–Crippen LogP) is 5.41. The predicted molar refractivity (Wildman–Crippen MR) is 89.5 cm³/mol. The van der Waals surface area contributed by atoms with Crippen LogP contribution >= 0.6 is 7.52 Å². The molecule has 122 valence electrons. The van der Waals surface area contributed by atoms with Crippen molar-refractivity contribution >= 4 is 7.52 Å². The summed E-state index contributed by atoms with van der Waals surface area (Å²) in [6, 6.07) is 0. The summed E-state index contributed by atoms with van der Waals surface area (Å²) in [5.74, 6) is 0. The van der Waals surface area contributed by atoms with E-state index in [1.807, 2.05) is 6.92 Å². The van der Waals surface area contributed by atoms with E-state index in [0.29, 0.717) is 6.61 Å². The molecule has 0 saturated heterocycles. The summed E-state index contributed by atoms with van der Waals surface area (Å²) >= 11 is 0. The molecule has 0 aliphatic carbocycles. The minimum Gasteiger partial charge on any atom is -0.318 e. The molecule has 0 aliphatic rings. The Morgan fingerprint density at radius 3 is 1.70 bits per heavy atom. The summed E-state index contributed by atoms with van der Waals surface area (Å²) in [5.41, 5.74) is 0.106. The third-order valence-electron chi connectivity index (χ3n) is 3.09. The van der Waals surface area contributed by atoms with E-state index < -0.39 is 7.52 Å². The van der Waals surface area contributed by atoms with E-state index in [0.717, 1.165) is 13.0 Å². The third-order valence-corrected chi connectivity index (χ3v) is 5.39. The van der Waals surface area contributed by atoms with Gasteiger partial charge in [0.2, 0.25) is 0 Å². The highest BCUT2D eigenvalue weighted by Crippen LogP contribution is 2.54. The summed E-state index contributed by atoms with van der Waals surface area (Å²) < 4.78 is 20.8. The Morgan fingerprint density at radius 1 is 0.950 bits per heavy atom. The standard InChI is InChI=1S/C16H36NO2P/c1-11-19-20(10,18)17(13-15(5,6)7)16(8,9)12-14(2,3)4/h11-13H2,1-10H3. The molecular weight excluding hydrogens is 269 g/mol. The molecule has 20 heavy (non-hydrogen) atoms. The zero-order valence-corrected chi connectivity index (χ0v) is 16.2. The molecule has 0 heterocycles. The van der Waals surface area contributed by atoms with Gasteiger partial charge in [0.05, 0.1) is 6.61 Å². The quantitative estimate of drug-likeness (QED) is 0.615. The lowest BCUT2D eigenvalue weighted by Crippen LogP contribution is -2.47. The van der Waals surface area contributed by atoms with E-state index in [-0.39, 0.29) is 16.4 Å². The average Bonchev–Trinajstić information content (AvgIpc) is 2.08. The largest absolute Gasteiger partial charge is 0.318 e. The highest BCUT2D eigenvalue weighted by atomic mass is 31.2. The maximum absolute atomic E-state index is 13.0. The van der Waals surface area contributed by atoms with Crippen molar-refractivity contribution in [3.05, 3.63) is 0 Å². The van der Waals surface area contributed by atoms with Crippen LogP contribution < -0.4 is 0 Å². The average molecular weight is 305 g/mol. The molecular formula is C16H36NO2P. The van der Waals surface area contributed by atoms with Crippen LogP contribution in [0.25, 0.3) is 0 Å². The second kappa shape index (κ2) is 6.50. The van der Waals surface area contributed by atoms with Crippen LogP contribution in [0.1, 0.15) is 68.7 Å². The van der Waals surface area contributed by atoms with Crippen LogP contribution in [0.4, 0.5) is 0 Å². The molecule has 0 N–H and O–H groups in total. The fourth-order valence-electron chi connectivity index (χ4n) is 2.98. The summed E-state index contributed by atoms with van der Waals surface area (Å²) in [5, 5.41) is 0. The van der Waals surface area contributed by atoms with Gasteiger partial charge in [-0.05, 0) is 38.0 Å². The maximum Gasteiger partial charge on any atom is 0.269 e. The van der Waals surface area contributed by atoms with E-state index in [1.165, 1.54) is 0 Å². The van der Waals surface area contributed by atoms with Crippen LogP contribution in [0.5, 0.6) is 0 Å². The zero-order chi connectivity index (χ0) is 16.4. The van der Waals surface area contributed by atoms with Crippen LogP contribution in [0.2, 0.25) is 0 Å². The Balaban J connectivity index is 5.47. The number of rotatable bonds is 6. The van der Waals surface area contributed by atoms with Crippen molar-refractivity contribution in [3.8, 4) is 0 Å². The highest BCUT2D eigenvalue weighted by Gasteiger charge is 2.41. The first-order valence-electron chi connectivity index (χ1n) is 7.61. The summed E-state index contributed by atoms with van der Waals surface area (Å²) in [6.07, 6.45) is 0.973. The molecule has 0 amide bonds. The molecule has 0 bridgehead atoms. The first-order chi connectivity index (χ1) is 8.61. The van der Waals surface area contributed by atoms with Crippen molar-refractivity contribution in [2.45, 2.75) is 74.3 Å². The van der Waals surface area contributed by atoms with Crippen molar-refractivity contribution < 1.29 is 9.09 Å². The number of hydrogen-bond donors (Lipinski definition) is 0. The van der Waals surface area contributed by atoms with Crippen LogP contribution in [-0.2, 0) is 9.09 Å². The fraction of sp³-hybridized carbons (Fsp3) is 1.00. The van der Waals surface area contributed by atoms with Crippen molar-refractivity contribution in [2.24, 2.45) is 10.8 Å². The molecule has 0 rings (SSSR count). The van der Waals surface area contributed by atoms with Gasteiger partial charge in [-0.25, -0.2) is 4.67 Å². The van der Waals surface area contributed by atoms with E-state index in [1.54, 1.807) is 6.66 Å². The summed E-state index contributed by atoms with van der Waals surface area (Å²) in [6.45, 7) is 22.5. The Labute approximate surface area is 127 Å². The van der Waals surface area contributed by atoms with Gasteiger partial charge in [0.25, 0.3) is 7.52 Å². The van der Waals surface area contributed by atoms with Crippen molar-refractivity contribution in [1.82, 2.24) is 4.67 Å². The molecule has 0 aromatic heterocycles. The molecule has 0 fully saturated rings. The van der Waals surface area contributed by atoms with Crippen LogP contribution in [0.3, 0.4) is 0 Å². The normalized spacial score (nSPS) is 17.4. The Hall–Kier alpha value is 0.150. The van der Waals surface area contributed by atoms with E-state index >= 15 is 0 Å². The second-order valence-corrected chi connectivity index (χ2v) is 11.2.